The number of amides is 2. The van der Waals surface area contributed by atoms with Gasteiger partial charge in [-0.25, -0.2) is 0 Å². The van der Waals surface area contributed by atoms with Gasteiger partial charge >= 0.3 is 0 Å². The van der Waals surface area contributed by atoms with Crippen LogP contribution in [0.1, 0.15) is 41.3 Å². The first-order chi connectivity index (χ1) is 14.5. The van der Waals surface area contributed by atoms with Crippen LogP contribution in [0.15, 0.2) is 48.5 Å². The highest BCUT2D eigenvalue weighted by atomic mass is 16.3. The molecule has 6 heteroatoms. The van der Waals surface area contributed by atoms with E-state index in [0.717, 1.165) is 25.9 Å². The Morgan fingerprint density at radius 2 is 1.83 bits per heavy atom. The molecule has 0 saturated carbocycles. The summed E-state index contributed by atoms with van der Waals surface area (Å²) in [7, 11) is 0. The number of hydrogen-bond acceptors (Lipinski definition) is 4. The zero-order valence-corrected chi connectivity index (χ0v) is 17.4. The van der Waals surface area contributed by atoms with Gasteiger partial charge in [-0.15, -0.1) is 0 Å². The zero-order valence-electron chi connectivity index (χ0n) is 17.4. The molecule has 2 atom stereocenters. The van der Waals surface area contributed by atoms with E-state index in [1.54, 1.807) is 23.1 Å². The van der Waals surface area contributed by atoms with Gasteiger partial charge < -0.3 is 15.3 Å². The molecular weight excluding hydrogens is 378 g/mol. The molecule has 158 valence electrons. The SMILES string of the molecule is CC(CNC(=O)C1CCCN1C(=O)c1ccccc1O)N1CCc2ccccc2C1. The fourth-order valence-electron chi connectivity index (χ4n) is 4.48. The number of phenolic OH excluding ortho intramolecular Hbond substituents is 1. The Morgan fingerprint density at radius 3 is 2.63 bits per heavy atom. The van der Waals surface area contributed by atoms with Crippen LogP contribution in [0.25, 0.3) is 0 Å². The molecule has 0 radical (unpaired) electrons. The number of carbonyl (C=O) groups excluding carboxylic acids is 2. The van der Waals surface area contributed by atoms with Crippen molar-refractivity contribution in [3.05, 3.63) is 65.2 Å². The summed E-state index contributed by atoms with van der Waals surface area (Å²) < 4.78 is 0. The maximum atomic E-state index is 12.9. The quantitative estimate of drug-likeness (QED) is 0.799. The van der Waals surface area contributed by atoms with Crippen LogP contribution < -0.4 is 5.32 Å². The Kier molecular flexibility index (Phi) is 6.04. The number of para-hydroxylation sites is 1. The largest absolute Gasteiger partial charge is 0.507 e. The molecule has 0 aromatic heterocycles. The lowest BCUT2D eigenvalue weighted by Crippen LogP contribution is -2.50. The van der Waals surface area contributed by atoms with Crippen LogP contribution in [-0.2, 0) is 17.8 Å². The Hall–Kier alpha value is -2.86. The summed E-state index contributed by atoms with van der Waals surface area (Å²) in [6.07, 6.45) is 2.46. The van der Waals surface area contributed by atoms with E-state index in [0.29, 0.717) is 19.5 Å². The van der Waals surface area contributed by atoms with Gasteiger partial charge in [-0.3, -0.25) is 14.5 Å². The molecule has 6 nitrogen and oxygen atoms in total. The number of hydrogen-bond donors (Lipinski definition) is 2. The molecule has 30 heavy (non-hydrogen) atoms. The highest BCUT2D eigenvalue weighted by molar-refractivity contribution is 5.99. The Bertz CT molecular complexity index is 929. The van der Waals surface area contributed by atoms with Crippen molar-refractivity contribution in [1.82, 2.24) is 15.1 Å². The second kappa shape index (κ2) is 8.88. The van der Waals surface area contributed by atoms with Crippen LogP contribution >= 0.6 is 0 Å². The van der Waals surface area contributed by atoms with Crippen LogP contribution in [0, 0.1) is 0 Å². The summed E-state index contributed by atoms with van der Waals surface area (Å²) in [6, 6.07) is 14.8. The van der Waals surface area contributed by atoms with Crippen LogP contribution in [-0.4, -0.2) is 58.4 Å². The number of likely N-dealkylation sites (tertiary alicyclic amines) is 1. The lowest BCUT2D eigenvalue weighted by Gasteiger charge is -2.34. The summed E-state index contributed by atoms with van der Waals surface area (Å²) in [4.78, 5) is 29.7. The van der Waals surface area contributed by atoms with Crippen molar-refractivity contribution >= 4 is 11.8 Å². The number of benzene rings is 2. The third kappa shape index (κ3) is 4.19. The van der Waals surface area contributed by atoms with Gasteiger partial charge in [-0.1, -0.05) is 36.4 Å². The first kappa shape index (κ1) is 20.4. The molecule has 0 spiro atoms. The molecule has 2 N–H and O–H groups in total. The van der Waals surface area contributed by atoms with Crippen LogP contribution in [0.2, 0.25) is 0 Å². The number of phenols is 1. The monoisotopic (exact) mass is 407 g/mol. The molecule has 2 aliphatic heterocycles. The van der Waals surface area contributed by atoms with Gasteiger partial charge in [0.15, 0.2) is 0 Å². The van der Waals surface area contributed by atoms with E-state index in [1.165, 1.54) is 17.2 Å². The second-order valence-corrected chi connectivity index (χ2v) is 8.26. The number of carbonyl (C=O) groups is 2. The van der Waals surface area contributed by atoms with E-state index in [2.05, 4.69) is 41.4 Å². The summed E-state index contributed by atoms with van der Waals surface area (Å²) in [6.45, 7) is 5.09. The highest BCUT2D eigenvalue weighted by Crippen LogP contribution is 2.25. The molecule has 2 amide bonds. The second-order valence-electron chi connectivity index (χ2n) is 8.26. The minimum atomic E-state index is -0.480. The van der Waals surface area contributed by atoms with Gasteiger partial charge in [0, 0.05) is 32.2 Å². The van der Waals surface area contributed by atoms with Crippen molar-refractivity contribution in [2.24, 2.45) is 0 Å². The summed E-state index contributed by atoms with van der Waals surface area (Å²) in [5.41, 5.74) is 3.02. The number of rotatable bonds is 5. The molecule has 1 fully saturated rings. The Morgan fingerprint density at radius 1 is 1.10 bits per heavy atom. The van der Waals surface area contributed by atoms with Gasteiger partial charge in [0.1, 0.15) is 11.8 Å². The predicted molar refractivity (Wildman–Crippen MR) is 115 cm³/mol. The van der Waals surface area contributed by atoms with Crippen molar-refractivity contribution in [2.75, 3.05) is 19.6 Å². The van der Waals surface area contributed by atoms with Gasteiger partial charge in [-0.2, -0.15) is 0 Å². The van der Waals surface area contributed by atoms with Crippen LogP contribution in [0.4, 0.5) is 0 Å². The first-order valence-corrected chi connectivity index (χ1v) is 10.7. The van der Waals surface area contributed by atoms with Crippen LogP contribution in [0.5, 0.6) is 5.75 Å². The van der Waals surface area contributed by atoms with Crippen molar-refractivity contribution in [3.8, 4) is 5.75 Å². The van der Waals surface area contributed by atoms with E-state index in [1.807, 2.05) is 0 Å². The lowest BCUT2D eigenvalue weighted by molar-refractivity contribution is -0.125. The predicted octanol–water partition coefficient (Wildman–Crippen LogP) is 2.56. The number of fused-ring (bicyclic) bond motifs is 1. The number of nitrogens with one attached hydrogen (secondary N) is 1. The summed E-state index contributed by atoms with van der Waals surface area (Å²) in [5.74, 6) is -0.445. The minimum Gasteiger partial charge on any atom is -0.507 e. The molecule has 2 aromatic carbocycles. The molecule has 2 unspecified atom stereocenters. The minimum absolute atomic E-state index is 0.0486. The van der Waals surface area contributed by atoms with Crippen molar-refractivity contribution in [3.63, 3.8) is 0 Å². The number of aromatic hydroxyl groups is 1. The molecule has 0 aliphatic carbocycles. The van der Waals surface area contributed by atoms with E-state index >= 15 is 0 Å². The fourth-order valence-corrected chi connectivity index (χ4v) is 4.48. The normalized spacial score (nSPS) is 19.9. The third-order valence-corrected chi connectivity index (χ3v) is 6.31. The van der Waals surface area contributed by atoms with Crippen LogP contribution in [0.3, 0.4) is 0 Å². The third-order valence-electron chi connectivity index (χ3n) is 6.31. The van der Waals surface area contributed by atoms with E-state index in [9.17, 15) is 14.7 Å². The van der Waals surface area contributed by atoms with Gasteiger partial charge in [0.05, 0.1) is 5.56 Å². The fraction of sp³-hybridized carbons (Fsp3) is 0.417. The van der Waals surface area contributed by atoms with Gasteiger partial charge in [0.25, 0.3) is 5.91 Å². The number of nitrogens with zero attached hydrogens (tertiary/aromatic N) is 2. The van der Waals surface area contributed by atoms with E-state index in [-0.39, 0.29) is 29.2 Å². The lowest BCUT2D eigenvalue weighted by atomic mass is 9.99. The van der Waals surface area contributed by atoms with E-state index < -0.39 is 6.04 Å². The standard InChI is InChI=1S/C24H29N3O3/c1-17(26-14-12-18-7-2-3-8-19(18)16-26)15-25-23(29)21-10-6-13-27(21)24(30)20-9-4-5-11-22(20)28/h2-5,7-9,11,17,21,28H,6,10,12-16H2,1H3,(H,25,29). The van der Waals surface area contributed by atoms with E-state index in [4.69, 9.17) is 0 Å². The zero-order chi connectivity index (χ0) is 21.1. The molecule has 2 aliphatic rings. The molecule has 2 aromatic rings. The maximum Gasteiger partial charge on any atom is 0.258 e. The average molecular weight is 408 g/mol. The van der Waals surface area contributed by atoms with Crippen molar-refractivity contribution in [2.45, 2.75) is 44.8 Å². The first-order valence-electron chi connectivity index (χ1n) is 10.7. The summed E-state index contributed by atoms with van der Waals surface area (Å²) in [5, 5.41) is 13.1. The maximum absolute atomic E-state index is 12.9. The molecule has 0 bridgehead atoms. The molecule has 1 saturated heterocycles. The molecule has 4 rings (SSSR count). The Labute approximate surface area is 177 Å². The van der Waals surface area contributed by atoms with Crippen molar-refractivity contribution in [1.29, 1.82) is 0 Å². The van der Waals surface area contributed by atoms with Gasteiger partial charge in [-0.05, 0) is 49.4 Å². The Balaban J connectivity index is 1.34. The summed E-state index contributed by atoms with van der Waals surface area (Å²) >= 11 is 0. The average Bonchev–Trinajstić information content (AvgIpc) is 3.27. The molecule has 2 heterocycles. The van der Waals surface area contributed by atoms with Crippen molar-refractivity contribution < 1.29 is 14.7 Å². The topological polar surface area (TPSA) is 72.9 Å². The molecular formula is C24H29N3O3. The smallest absolute Gasteiger partial charge is 0.258 e. The highest BCUT2D eigenvalue weighted by Gasteiger charge is 2.35. The van der Waals surface area contributed by atoms with Gasteiger partial charge in [0.2, 0.25) is 5.91 Å².